The zero-order valence-electron chi connectivity index (χ0n) is 23.2. The van der Waals surface area contributed by atoms with E-state index < -0.39 is 0 Å². The zero-order valence-corrected chi connectivity index (χ0v) is 23.2. The number of hydrogen-bond donors (Lipinski definition) is 3. The van der Waals surface area contributed by atoms with Crippen LogP contribution in [0.15, 0.2) is 54.9 Å². The predicted molar refractivity (Wildman–Crippen MR) is 159 cm³/mol. The van der Waals surface area contributed by atoms with Crippen molar-refractivity contribution in [2.45, 2.75) is 70.1 Å². The second-order valence-electron chi connectivity index (χ2n) is 11.7. The SMILES string of the molecule is C[C@@H]1CN(C2CCC(n3nc(-c4ccc5nc(Cc6ccccc6)[nH]c5c4)c4c(N)ncnc43)CC2)C[C@H](C)N1. The van der Waals surface area contributed by atoms with Crippen LogP contribution in [-0.4, -0.2) is 65.8 Å². The fourth-order valence-corrected chi connectivity index (χ4v) is 6.87. The van der Waals surface area contributed by atoms with Gasteiger partial charge in [0.1, 0.15) is 23.7 Å². The van der Waals surface area contributed by atoms with Gasteiger partial charge in [-0.3, -0.25) is 4.90 Å². The number of rotatable bonds is 5. The van der Waals surface area contributed by atoms with Gasteiger partial charge >= 0.3 is 0 Å². The van der Waals surface area contributed by atoms with Crippen LogP contribution in [-0.2, 0) is 6.42 Å². The number of aromatic nitrogens is 6. The maximum absolute atomic E-state index is 6.45. The first-order chi connectivity index (χ1) is 19.5. The van der Waals surface area contributed by atoms with E-state index in [1.54, 1.807) is 6.33 Å². The van der Waals surface area contributed by atoms with E-state index in [0.717, 1.165) is 71.5 Å². The third-order valence-corrected chi connectivity index (χ3v) is 8.65. The molecule has 2 aromatic carbocycles. The Bertz CT molecular complexity index is 1620. The van der Waals surface area contributed by atoms with Crippen LogP contribution in [0.4, 0.5) is 5.82 Å². The van der Waals surface area contributed by atoms with Crippen molar-refractivity contribution >= 4 is 27.9 Å². The molecule has 9 heteroatoms. The molecule has 2 aliphatic rings. The number of anilines is 1. The highest BCUT2D eigenvalue weighted by Crippen LogP contribution is 2.37. The lowest BCUT2D eigenvalue weighted by atomic mass is 9.89. The molecule has 1 saturated carbocycles. The largest absolute Gasteiger partial charge is 0.383 e. The van der Waals surface area contributed by atoms with Crippen molar-refractivity contribution in [1.29, 1.82) is 0 Å². The Morgan fingerprint density at radius 1 is 0.925 bits per heavy atom. The topological polar surface area (TPSA) is 114 Å². The van der Waals surface area contributed by atoms with Crippen molar-refractivity contribution in [1.82, 2.24) is 39.9 Å². The Hall–Kier alpha value is -3.82. The summed E-state index contributed by atoms with van der Waals surface area (Å²) in [7, 11) is 0. The fourth-order valence-electron chi connectivity index (χ4n) is 6.87. The summed E-state index contributed by atoms with van der Waals surface area (Å²) in [6.45, 7) is 6.84. The zero-order chi connectivity index (χ0) is 27.2. The fraction of sp³-hybridized carbons (Fsp3) is 0.419. The first-order valence-corrected chi connectivity index (χ1v) is 14.5. The van der Waals surface area contributed by atoms with E-state index in [0.29, 0.717) is 30.0 Å². The number of piperazine rings is 1. The third kappa shape index (κ3) is 4.73. The molecule has 1 aliphatic carbocycles. The summed E-state index contributed by atoms with van der Waals surface area (Å²) < 4.78 is 2.12. The molecule has 2 atom stereocenters. The molecule has 0 bridgehead atoms. The maximum Gasteiger partial charge on any atom is 0.164 e. The van der Waals surface area contributed by atoms with Crippen molar-refractivity contribution < 1.29 is 0 Å². The van der Waals surface area contributed by atoms with Crippen LogP contribution < -0.4 is 11.1 Å². The van der Waals surface area contributed by atoms with Gasteiger partial charge in [0.05, 0.1) is 22.5 Å². The van der Waals surface area contributed by atoms with Crippen molar-refractivity contribution in [3.05, 3.63) is 66.2 Å². The van der Waals surface area contributed by atoms with Crippen LogP contribution in [0.5, 0.6) is 0 Å². The van der Waals surface area contributed by atoms with E-state index in [9.17, 15) is 0 Å². The lowest BCUT2D eigenvalue weighted by Crippen LogP contribution is -2.57. The first-order valence-electron chi connectivity index (χ1n) is 14.5. The lowest BCUT2D eigenvalue weighted by Gasteiger charge is -2.43. The van der Waals surface area contributed by atoms with Crippen molar-refractivity contribution in [3.8, 4) is 11.3 Å². The molecule has 3 aromatic heterocycles. The Labute approximate surface area is 234 Å². The minimum Gasteiger partial charge on any atom is -0.383 e. The van der Waals surface area contributed by atoms with Crippen LogP contribution in [0, 0.1) is 0 Å². The minimum atomic E-state index is 0.299. The first kappa shape index (κ1) is 25.2. The second-order valence-corrected chi connectivity index (χ2v) is 11.7. The number of nitrogens with one attached hydrogen (secondary N) is 2. The number of H-pyrrole nitrogens is 1. The molecule has 9 nitrogen and oxygen atoms in total. The van der Waals surface area contributed by atoms with Crippen molar-refractivity contribution in [3.63, 3.8) is 0 Å². The monoisotopic (exact) mass is 535 g/mol. The molecular weight excluding hydrogens is 498 g/mol. The molecule has 1 saturated heterocycles. The van der Waals surface area contributed by atoms with Crippen LogP contribution in [0.2, 0.25) is 0 Å². The smallest absolute Gasteiger partial charge is 0.164 e. The van der Waals surface area contributed by atoms with Crippen LogP contribution >= 0.6 is 0 Å². The summed E-state index contributed by atoms with van der Waals surface area (Å²) in [5.41, 5.74) is 12.3. The number of imidazole rings is 1. The van der Waals surface area contributed by atoms with Gasteiger partial charge in [0.15, 0.2) is 5.65 Å². The lowest BCUT2D eigenvalue weighted by molar-refractivity contribution is 0.0875. The quantitative estimate of drug-likeness (QED) is 0.299. The van der Waals surface area contributed by atoms with E-state index in [1.807, 2.05) is 6.07 Å². The highest BCUT2D eigenvalue weighted by atomic mass is 15.3. The van der Waals surface area contributed by atoms with Crippen molar-refractivity contribution in [2.75, 3.05) is 18.8 Å². The van der Waals surface area contributed by atoms with Gasteiger partial charge in [-0.1, -0.05) is 36.4 Å². The maximum atomic E-state index is 6.45. The van der Waals surface area contributed by atoms with Gasteiger partial charge in [0.25, 0.3) is 0 Å². The number of fused-ring (bicyclic) bond motifs is 2. The van der Waals surface area contributed by atoms with Gasteiger partial charge in [0, 0.05) is 43.2 Å². The average molecular weight is 536 g/mol. The summed E-state index contributed by atoms with van der Waals surface area (Å²) >= 11 is 0. The summed E-state index contributed by atoms with van der Waals surface area (Å²) in [4.78, 5) is 20.0. The molecule has 4 N–H and O–H groups in total. The predicted octanol–water partition coefficient (Wildman–Crippen LogP) is 4.71. The summed E-state index contributed by atoms with van der Waals surface area (Å²) in [5.74, 6) is 1.42. The van der Waals surface area contributed by atoms with Gasteiger partial charge < -0.3 is 16.0 Å². The van der Waals surface area contributed by atoms with Gasteiger partial charge in [-0.05, 0) is 57.2 Å². The molecule has 0 spiro atoms. The Kier molecular flexibility index (Phi) is 6.48. The molecule has 2 fully saturated rings. The molecule has 7 rings (SSSR count). The van der Waals surface area contributed by atoms with E-state index in [4.69, 9.17) is 15.8 Å². The third-order valence-electron chi connectivity index (χ3n) is 8.65. The number of nitrogen functional groups attached to an aromatic ring is 1. The molecule has 0 amide bonds. The molecule has 1 aliphatic heterocycles. The van der Waals surface area contributed by atoms with E-state index in [-0.39, 0.29) is 0 Å². The van der Waals surface area contributed by atoms with Gasteiger partial charge in [-0.25, -0.2) is 19.6 Å². The van der Waals surface area contributed by atoms with Crippen LogP contribution in [0.25, 0.3) is 33.3 Å². The number of nitrogens with zero attached hydrogens (tertiary/aromatic N) is 6. The van der Waals surface area contributed by atoms with E-state index >= 15 is 0 Å². The molecule has 40 heavy (non-hydrogen) atoms. The molecule has 0 unspecified atom stereocenters. The molecular formula is C31H37N9. The van der Waals surface area contributed by atoms with Crippen LogP contribution in [0.1, 0.15) is 57.0 Å². The number of nitrogens with two attached hydrogens (primary N) is 1. The van der Waals surface area contributed by atoms with Gasteiger partial charge in [-0.15, -0.1) is 0 Å². The number of hydrogen-bond acceptors (Lipinski definition) is 7. The molecule has 4 heterocycles. The van der Waals surface area contributed by atoms with E-state index in [1.165, 1.54) is 18.4 Å². The highest BCUT2D eigenvalue weighted by Gasteiger charge is 2.32. The van der Waals surface area contributed by atoms with E-state index in [2.05, 4.69) is 86.2 Å². The molecule has 5 aromatic rings. The molecule has 0 radical (unpaired) electrons. The number of benzene rings is 2. The second kappa shape index (κ2) is 10.3. The Morgan fingerprint density at radius 3 is 2.45 bits per heavy atom. The Balaban J connectivity index is 1.17. The summed E-state index contributed by atoms with van der Waals surface area (Å²) in [6.07, 6.45) is 6.83. The summed E-state index contributed by atoms with van der Waals surface area (Å²) in [5, 5.41) is 9.66. The number of aromatic amines is 1. The van der Waals surface area contributed by atoms with Gasteiger partial charge in [-0.2, -0.15) is 5.10 Å². The average Bonchev–Trinajstić information content (AvgIpc) is 3.55. The van der Waals surface area contributed by atoms with Gasteiger partial charge in [0.2, 0.25) is 0 Å². The van der Waals surface area contributed by atoms with Crippen molar-refractivity contribution in [2.24, 2.45) is 0 Å². The highest BCUT2D eigenvalue weighted by molar-refractivity contribution is 5.99. The normalized spacial score (nSPS) is 24.1. The summed E-state index contributed by atoms with van der Waals surface area (Å²) in [6, 6.07) is 18.7. The molecule has 206 valence electrons. The standard InChI is InChI=1S/C31H37N9/c1-19-16-39(17-20(2)35-19)23-9-11-24(12-10-23)40-31-28(30(32)33-18-34-31)29(38-40)22-8-13-25-26(15-22)37-27(36-25)14-21-6-4-3-5-7-21/h3-8,13,15,18-20,23-24,35H,9-12,14,16-17H2,1-2H3,(H,36,37)(H2,32,33,34)/t19-,20+,23?,24?. The van der Waals surface area contributed by atoms with Crippen LogP contribution in [0.3, 0.4) is 0 Å². The minimum absolute atomic E-state index is 0.299. The Morgan fingerprint density at radius 2 is 1.68 bits per heavy atom.